The Kier molecular flexibility index (Phi) is 3.03. The molecule has 4 heteroatoms. The predicted molar refractivity (Wildman–Crippen MR) is 64.4 cm³/mol. The molecule has 2 nitrogen and oxygen atoms in total. The van der Waals surface area contributed by atoms with Crippen molar-refractivity contribution in [3.63, 3.8) is 0 Å². The molecule has 0 unspecified atom stereocenters. The Balaban J connectivity index is 2.44. The van der Waals surface area contributed by atoms with Gasteiger partial charge in [0.15, 0.2) is 0 Å². The van der Waals surface area contributed by atoms with E-state index in [4.69, 9.17) is 11.6 Å². The Hall–Kier alpha value is -0.930. The van der Waals surface area contributed by atoms with Crippen LogP contribution in [-0.4, -0.2) is 9.97 Å². The Morgan fingerprint density at radius 1 is 1.33 bits per heavy atom. The lowest BCUT2D eigenvalue weighted by molar-refractivity contribution is 1.17. The molecule has 0 radical (unpaired) electrons. The molecule has 0 saturated carbocycles. The van der Waals surface area contributed by atoms with Crippen molar-refractivity contribution in [3.05, 3.63) is 34.5 Å². The summed E-state index contributed by atoms with van der Waals surface area (Å²) in [6, 6.07) is 4.10. The number of aromatic nitrogens is 2. The molecular weight excluding hydrogens is 228 g/mol. The van der Waals surface area contributed by atoms with E-state index in [1.165, 1.54) is 5.56 Å². The Labute approximate surface area is 98.0 Å². The number of hydrogen-bond donors (Lipinski definition) is 0. The first-order chi connectivity index (χ1) is 7.19. The summed E-state index contributed by atoms with van der Waals surface area (Å²) in [5.74, 6) is 0.516. The number of rotatable bonds is 2. The Morgan fingerprint density at radius 2 is 2.13 bits per heavy atom. The van der Waals surface area contributed by atoms with Crippen LogP contribution in [0.15, 0.2) is 18.3 Å². The van der Waals surface area contributed by atoms with E-state index in [0.29, 0.717) is 5.88 Å². The monoisotopic (exact) mass is 238 g/mol. The highest BCUT2D eigenvalue weighted by atomic mass is 35.5. The molecule has 0 saturated heterocycles. The van der Waals surface area contributed by atoms with E-state index >= 15 is 0 Å². The average molecular weight is 239 g/mol. The Morgan fingerprint density at radius 3 is 2.73 bits per heavy atom. The molecule has 2 aromatic rings. The molecule has 0 amide bonds. The van der Waals surface area contributed by atoms with Crippen LogP contribution in [0.3, 0.4) is 0 Å². The first kappa shape index (κ1) is 10.6. The molecule has 2 rings (SSSR count). The second-order valence-electron chi connectivity index (χ2n) is 3.44. The first-order valence-corrected chi connectivity index (χ1v) is 6.00. The minimum absolute atomic E-state index is 0.516. The third kappa shape index (κ3) is 2.36. The van der Waals surface area contributed by atoms with Crippen LogP contribution in [0.1, 0.15) is 16.1 Å². The minimum Gasteiger partial charge on any atom is -0.251 e. The molecule has 0 spiro atoms. The molecule has 0 atom stereocenters. The summed E-state index contributed by atoms with van der Waals surface area (Å²) in [6.07, 6.45) is 1.81. The van der Waals surface area contributed by atoms with E-state index in [1.54, 1.807) is 11.3 Å². The second-order valence-corrected chi connectivity index (χ2v) is 4.82. The van der Waals surface area contributed by atoms with Gasteiger partial charge in [-0.15, -0.1) is 22.9 Å². The highest BCUT2D eigenvalue weighted by Crippen LogP contribution is 2.25. The number of halogens is 1. The van der Waals surface area contributed by atoms with E-state index in [2.05, 4.69) is 23.0 Å². The molecule has 2 heterocycles. The highest BCUT2D eigenvalue weighted by molar-refractivity contribution is 7.15. The Bertz CT molecular complexity index is 459. The minimum atomic E-state index is 0.516. The van der Waals surface area contributed by atoms with E-state index in [-0.39, 0.29) is 0 Å². The maximum atomic E-state index is 5.74. The third-order valence-corrected chi connectivity index (χ3v) is 3.47. The zero-order chi connectivity index (χ0) is 10.8. The molecule has 0 aliphatic carbocycles. The van der Waals surface area contributed by atoms with Gasteiger partial charge in [-0.25, -0.2) is 4.98 Å². The van der Waals surface area contributed by atoms with E-state index < -0.39 is 0 Å². The molecule has 78 valence electrons. The lowest BCUT2D eigenvalue weighted by atomic mass is 10.2. The SMILES string of the molecule is Cc1cc(C)nc(-c2ncc(CCl)s2)c1. The van der Waals surface area contributed by atoms with Gasteiger partial charge in [0.25, 0.3) is 0 Å². The highest BCUT2D eigenvalue weighted by Gasteiger charge is 2.06. The molecule has 0 N–H and O–H groups in total. The summed E-state index contributed by atoms with van der Waals surface area (Å²) in [5.41, 5.74) is 3.17. The van der Waals surface area contributed by atoms with Gasteiger partial charge in [-0.1, -0.05) is 0 Å². The fraction of sp³-hybridized carbons (Fsp3) is 0.273. The summed E-state index contributed by atoms with van der Waals surface area (Å²) in [7, 11) is 0. The molecular formula is C11H11ClN2S. The van der Waals surface area contributed by atoms with Crippen molar-refractivity contribution in [2.45, 2.75) is 19.7 Å². The number of aryl methyl sites for hydroxylation is 2. The van der Waals surface area contributed by atoms with Gasteiger partial charge in [-0.2, -0.15) is 0 Å². The van der Waals surface area contributed by atoms with Crippen molar-refractivity contribution in [2.24, 2.45) is 0 Å². The van der Waals surface area contributed by atoms with Crippen molar-refractivity contribution < 1.29 is 0 Å². The third-order valence-electron chi connectivity index (χ3n) is 2.00. The van der Waals surface area contributed by atoms with Crippen LogP contribution in [0, 0.1) is 13.8 Å². The van der Waals surface area contributed by atoms with Gasteiger partial charge in [-0.05, 0) is 31.5 Å². The van der Waals surface area contributed by atoms with Crippen LogP contribution in [0.2, 0.25) is 0 Å². The zero-order valence-corrected chi connectivity index (χ0v) is 10.2. The topological polar surface area (TPSA) is 25.8 Å². The zero-order valence-electron chi connectivity index (χ0n) is 8.62. The molecule has 0 fully saturated rings. The summed E-state index contributed by atoms with van der Waals surface area (Å²) in [6.45, 7) is 4.06. The first-order valence-electron chi connectivity index (χ1n) is 4.65. The standard InChI is InChI=1S/C11H11ClN2S/c1-7-3-8(2)14-10(4-7)11-13-6-9(5-12)15-11/h3-4,6H,5H2,1-2H3. The van der Waals surface area contributed by atoms with Crippen molar-refractivity contribution in [3.8, 4) is 10.7 Å². The van der Waals surface area contributed by atoms with Gasteiger partial charge in [-0.3, -0.25) is 4.98 Å². The number of hydrogen-bond acceptors (Lipinski definition) is 3. The fourth-order valence-electron chi connectivity index (χ4n) is 1.44. The average Bonchev–Trinajstić information content (AvgIpc) is 2.64. The van der Waals surface area contributed by atoms with Gasteiger partial charge in [0.2, 0.25) is 0 Å². The van der Waals surface area contributed by atoms with Crippen LogP contribution in [0.4, 0.5) is 0 Å². The summed E-state index contributed by atoms with van der Waals surface area (Å²) in [5, 5.41) is 0.942. The summed E-state index contributed by atoms with van der Waals surface area (Å²) in [4.78, 5) is 9.84. The lowest BCUT2D eigenvalue weighted by Crippen LogP contribution is -1.87. The van der Waals surface area contributed by atoms with Gasteiger partial charge < -0.3 is 0 Å². The largest absolute Gasteiger partial charge is 0.251 e. The summed E-state index contributed by atoms with van der Waals surface area (Å²) >= 11 is 7.34. The van der Waals surface area contributed by atoms with Crippen LogP contribution in [-0.2, 0) is 5.88 Å². The van der Waals surface area contributed by atoms with Crippen molar-refractivity contribution in [1.29, 1.82) is 0 Å². The van der Waals surface area contributed by atoms with Crippen molar-refractivity contribution >= 4 is 22.9 Å². The number of alkyl halides is 1. The number of pyridine rings is 1. The van der Waals surface area contributed by atoms with Crippen LogP contribution < -0.4 is 0 Å². The van der Waals surface area contributed by atoms with Gasteiger partial charge >= 0.3 is 0 Å². The molecule has 0 aliphatic rings. The fourth-order valence-corrected chi connectivity index (χ4v) is 2.39. The molecule has 0 bridgehead atoms. The van der Waals surface area contributed by atoms with Crippen LogP contribution in [0.25, 0.3) is 10.7 Å². The summed E-state index contributed by atoms with van der Waals surface area (Å²) < 4.78 is 0. The maximum absolute atomic E-state index is 5.74. The van der Waals surface area contributed by atoms with E-state index in [0.717, 1.165) is 21.3 Å². The van der Waals surface area contributed by atoms with Gasteiger partial charge in [0, 0.05) is 16.8 Å². The van der Waals surface area contributed by atoms with Crippen molar-refractivity contribution in [1.82, 2.24) is 9.97 Å². The van der Waals surface area contributed by atoms with Crippen molar-refractivity contribution in [2.75, 3.05) is 0 Å². The normalized spacial score (nSPS) is 10.6. The molecule has 0 aromatic carbocycles. The predicted octanol–water partition coefficient (Wildman–Crippen LogP) is 3.56. The number of thiazole rings is 1. The second kappa shape index (κ2) is 4.29. The molecule has 0 aliphatic heterocycles. The molecule has 2 aromatic heterocycles. The van der Waals surface area contributed by atoms with E-state index in [1.807, 2.05) is 19.2 Å². The van der Waals surface area contributed by atoms with Gasteiger partial charge in [0.1, 0.15) is 5.01 Å². The maximum Gasteiger partial charge on any atom is 0.142 e. The smallest absolute Gasteiger partial charge is 0.142 e. The van der Waals surface area contributed by atoms with Crippen LogP contribution in [0.5, 0.6) is 0 Å². The van der Waals surface area contributed by atoms with E-state index in [9.17, 15) is 0 Å². The number of nitrogens with zero attached hydrogens (tertiary/aromatic N) is 2. The quantitative estimate of drug-likeness (QED) is 0.748. The van der Waals surface area contributed by atoms with Crippen LogP contribution >= 0.6 is 22.9 Å². The van der Waals surface area contributed by atoms with Gasteiger partial charge in [0.05, 0.1) is 11.6 Å². The lowest BCUT2D eigenvalue weighted by Gasteiger charge is -1.99. The molecule has 15 heavy (non-hydrogen) atoms.